The Balaban J connectivity index is 3.20. The Labute approximate surface area is 102 Å². The first-order valence-electron chi connectivity index (χ1n) is 5.72. The quantitative estimate of drug-likeness (QED) is 0.752. The molecule has 0 saturated heterocycles. The molecule has 94 valence electrons. The minimum Gasteiger partial charge on any atom is -0.373 e. The molecule has 0 spiro atoms. The lowest BCUT2D eigenvalue weighted by molar-refractivity contribution is 0.0454. The van der Waals surface area contributed by atoms with Gasteiger partial charge in [0.05, 0.1) is 5.56 Å². The van der Waals surface area contributed by atoms with Crippen LogP contribution in [0.5, 0.6) is 0 Å². The van der Waals surface area contributed by atoms with Crippen LogP contribution in [0.1, 0.15) is 35.3 Å². The zero-order valence-electron chi connectivity index (χ0n) is 11.0. The number of halogens is 1. The third-order valence-corrected chi connectivity index (χ3v) is 2.80. The van der Waals surface area contributed by atoms with E-state index in [0.29, 0.717) is 5.56 Å². The molecule has 1 atom stereocenters. The van der Waals surface area contributed by atoms with Gasteiger partial charge < -0.3 is 4.74 Å². The van der Waals surface area contributed by atoms with Crippen LogP contribution < -0.4 is 0 Å². The van der Waals surface area contributed by atoms with Crippen LogP contribution in [-0.4, -0.2) is 19.0 Å². The van der Waals surface area contributed by atoms with Crippen molar-refractivity contribution in [2.45, 2.75) is 33.8 Å². The summed E-state index contributed by atoms with van der Waals surface area (Å²) in [6.45, 7) is 7.32. The van der Waals surface area contributed by atoms with Gasteiger partial charge in [0.1, 0.15) is 11.9 Å². The molecule has 0 aliphatic rings. The van der Waals surface area contributed by atoms with Crippen LogP contribution in [0.15, 0.2) is 12.1 Å². The van der Waals surface area contributed by atoms with Crippen LogP contribution in [-0.2, 0) is 4.74 Å². The van der Waals surface area contributed by atoms with E-state index >= 15 is 0 Å². The van der Waals surface area contributed by atoms with Gasteiger partial charge in [-0.15, -0.1) is 0 Å². The maximum absolute atomic E-state index is 13.8. The van der Waals surface area contributed by atoms with Gasteiger partial charge in [-0.3, -0.25) is 4.79 Å². The van der Waals surface area contributed by atoms with E-state index in [0.717, 1.165) is 5.56 Å². The van der Waals surface area contributed by atoms with Gasteiger partial charge in [-0.25, -0.2) is 4.39 Å². The summed E-state index contributed by atoms with van der Waals surface area (Å²) in [6, 6.07) is 3.19. The molecule has 1 unspecified atom stereocenters. The van der Waals surface area contributed by atoms with E-state index in [4.69, 9.17) is 4.74 Å². The summed E-state index contributed by atoms with van der Waals surface area (Å²) in [5.74, 6) is -0.722. The third-order valence-electron chi connectivity index (χ3n) is 2.80. The fraction of sp³-hybridized carbons (Fsp3) is 0.500. The maximum Gasteiger partial charge on any atom is 0.194 e. The van der Waals surface area contributed by atoms with Crippen molar-refractivity contribution in [3.05, 3.63) is 34.6 Å². The van der Waals surface area contributed by atoms with Crippen molar-refractivity contribution in [1.82, 2.24) is 0 Å². The zero-order valence-corrected chi connectivity index (χ0v) is 11.0. The van der Waals surface area contributed by atoms with Gasteiger partial charge in [-0.1, -0.05) is 19.9 Å². The number of ether oxygens (including phenoxy) is 1. The Morgan fingerprint density at radius 1 is 1.29 bits per heavy atom. The summed E-state index contributed by atoms with van der Waals surface area (Å²) < 4.78 is 19.0. The van der Waals surface area contributed by atoms with E-state index in [1.807, 2.05) is 19.9 Å². The number of hydrogen-bond acceptors (Lipinski definition) is 2. The Bertz CT molecular complexity index is 401. The number of Topliss-reactive ketones (excluding diaryl/α,β-unsaturated/α-hetero) is 1. The highest BCUT2D eigenvalue weighted by molar-refractivity contribution is 6.01. The number of carbonyl (C=O) groups is 1. The highest BCUT2D eigenvalue weighted by Gasteiger charge is 2.26. The molecular formula is C14H19FO2. The molecule has 0 heterocycles. The first kappa shape index (κ1) is 13.8. The van der Waals surface area contributed by atoms with Gasteiger partial charge >= 0.3 is 0 Å². The maximum atomic E-state index is 13.8. The zero-order chi connectivity index (χ0) is 13.2. The molecule has 0 bridgehead atoms. The highest BCUT2D eigenvalue weighted by Crippen LogP contribution is 2.21. The molecule has 3 heteroatoms. The molecular weight excluding hydrogens is 219 g/mol. The number of rotatable bonds is 4. The van der Waals surface area contributed by atoms with E-state index in [-0.39, 0.29) is 17.3 Å². The predicted octanol–water partition coefficient (Wildman–Crippen LogP) is 3.30. The Kier molecular flexibility index (Phi) is 4.40. The van der Waals surface area contributed by atoms with Crippen molar-refractivity contribution in [1.29, 1.82) is 0 Å². The molecule has 2 nitrogen and oxygen atoms in total. The molecule has 0 saturated carbocycles. The van der Waals surface area contributed by atoms with Crippen molar-refractivity contribution in [3.63, 3.8) is 0 Å². The molecule has 0 fully saturated rings. The smallest absolute Gasteiger partial charge is 0.194 e. The van der Waals surface area contributed by atoms with Crippen LogP contribution in [0.3, 0.4) is 0 Å². The lowest BCUT2D eigenvalue weighted by atomic mass is 9.93. The van der Waals surface area contributed by atoms with Crippen molar-refractivity contribution < 1.29 is 13.9 Å². The fourth-order valence-electron chi connectivity index (χ4n) is 2.05. The first-order valence-corrected chi connectivity index (χ1v) is 5.72. The Morgan fingerprint density at radius 2 is 1.88 bits per heavy atom. The molecule has 1 aromatic rings. The van der Waals surface area contributed by atoms with Gasteiger partial charge in [-0.05, 0) is 37.0 Å². The van der Waals surface area contributed by atoms with E-state index in [9.17, 15) is 9.18 Å². The number of hydrogen-bond donors (Lipinski definition) is 0. The van der Waals surface area contributed by atoms with Crippen molar-refractivity contribution >= 4 is 5.78 Å². The second-order valence-corrected chi connectivity index (χ2v) is 4.70. The van der Waals surface area contributed by atoms with Crippen molar-refractivity contribution in [2.24, 2.45) is 5.92 Å². The third kappa shape index (κ3) is 2.91. The minimum absolute atomic E-state index is 0.0209. The molecule has 0 aliphatic heterocycles. The largest absolute Gasteiger partial charge is 0.373 e. The molecule has 0 N–H and O–H groups in total. The molecule has 17 heavy (non-hydrogen) atoms. The molecule has 0 aromatic heterocycles. The lowest BCUT2D eigenvalue weighted by Crippen LogP contribution is -2.30. The number of aryl methyl sites for hydroxylation is 2. The number of benzene rings is 1. The van der Waals surface area contributed by atoms with Gasteiger partial charge in [0.2, 0.25) is 0 Å². The van der Waals surface area contributed by atoms with Gasteiger partial charge in [0.25, 0.3) is 0 Å². The molecule has 0 aliphatic carbocycles. The SMILES string of the molecule is COC(C(=O)c1c(C)cc(C)cc1F)C(C)C. The van der Waals surface area contributed by atoms with Crippen LogP contribution in [0.4, 0.5) is 4.39 Å². The molecule has 0 radical (unpaired) electrons. The van der Waals surface area contributed by atoms with Crippen molar-refractivity contribution in [2.75, 3.05) is 7.11 Å². The average molecular weight is 238 g/mol. The van der Waals surface area contributed by atoms with E-state index < -0.39 is 11.9 Å². The summed E-state index contributed by atoms with van der Waals surface area (Å²) in [5, 5.41) is 0. The Morgan fingerprint density at radius 3 is 2.29 bits per heavy atom. The van der Waals surface area contributed by atoms with E-state index in [1.165, 1.54) is 13.2 Å². The van der Waals surface area contributed by atoms with Crippen LogP contribution in [0.2, 0.25) is 0 Å². The summed E-state index contributed by atoms with van der Waals surface area (Å²) in [7, 11) is 1.48. The number of ketones is 1. The summed E-state index contributed by atoms with van der Waals surface area (Å²) in [5.41, 5.74) is 1.63. The highest BCUT2D eigenvalue weighted by atomic mass is 19.1. The second kappa shape index (κ2) is 5.41. The fourth-order valence-corrected chi connectivity index (χ4v) is 2.05. The van der Waals surface area contributed by atoms with Gasteiger partial charge in [0, 0.05) is 7.11 Å². The average Bonchev–Trinajstić information content (AvgIpc) is 2.15. The van der Waals surface area contributed by atoms with Crippen molar-refractivity contribution in [3.8, 4) is 0 Å². The summed E-state index contributed by atoms with van der Waals surface area (Å²) >= 11 is 0. The second-order valence-electron chi connectivity index (χ2n) is 4.70. The normalized spacial score (nSPS) is 12.9. The molecule has 1 aromatic carbocycles. The summed E-state index contributed by atoms with van der Waals surface area (Å²) in [4.78, 5) is 12.2. The van der Waals surface area contributed by atoms with Crippen LogP contribution >= 0.6 is 0 Å². The number of methoxy groups -OCH3 is 1. The Hall–Kier alpha value is -1.22. The monoisotopic (exact) mass is 238 g/mol. The van der Waals surface area contributed by atoms with Gasteiger partial charge in [-0.2, -0.15) is 0 Å². The molecule has 0 amide bonds. The van der Waals surface area contributed by atoms with E-state index in [2.05, 4.69) is 0 Å². The van der Waals surface area contributed by atoms with Crippen LogP contribution in [0.25, 0.3) is 0 Å². The summed E-state index contributed by atoms with van der Waals surface area (Å²) in [6.07, 6.45) is -0.592. The topological polar surface area (TPSA) is 26.3 Å². The minimum atomic E-state index is -0.592. The first-order chi connectivity index (χ1) is 7.88. The van der Waals surface area contributed by atoms with Crippen LogP contribution in [0, 0.1) is 25.6 Å². The lowest BCUT2D eigenvalue weighted by Gasteiger charge is -2.19. The van der Waals surface area contributed by atoms with E-state index in [1.54, 1.807) is 13.8 Å². The molecule has 1 rings (SSSR count). The standard InChI is InChI=1S/C14H19FO2/c1-8(2)14(17-5)13(16)12-10(4)6-9(3)7-11(12)15/h6-8,14H,1-5H3. The number of carbonyl (C=O) groups excluding carboxylic acids is 1. The predicted molar refractivity (Wildman–Crippen MR) is 65.8 cm³/mol. The van der Waals surface area contributed by atoms with Gasteiger partial charge in [0.15, 0.2) is 5.78 Å².